The van der Waals surface area contributed by atoms with E-state index in [1.807, 2.05) is 51.1 Å². The average molecular weight is 426 g/mol. The van der Waals surface area contributed by atoms with E-state index in [2.05, 4.69) is 10.1 Å². The minimum absolute atomic E-state index is 0.0667. The summed E-state index contributed by atoms with van der Waals surface area (Å²) in [4.78, 5) is 24.2. The van der Waals surface area contributed by atoms with Crippen molar-refractivity contribution < 1.29 is 4.79 Å². The monoisotopic (exact) mass is 425 g/mol. The van der Waals surface area contributed by atoms with Crippen molar-refractivity contribution in [3.05, 3.63) is 70.8 Å². The number of pyridine rings is 1. The number of anilines is 1. The molecule has 0 unspecified atom stereocenters. The second kappa shape index (κ2) is 7.93. The van der Waals surface area contributed by atoms with Gasteiger partial charge in [0.2, 0.25) is 0 Å². The molecule has 0 aliphatic rings. The van der Waals surface area contributed by atoms with Gasteiger partial charge in [0.15, 0.2) is 5.13 Å². The topological polar surface area (TPSA) is 63.9 Å². The predicted octanol–water partition coefficient (Wildman–Crippen LogP) is 5.28. The Balaban J connectivity index is 1.80. The molecule has 0 bridgehead atoms. The van der Waals surface area contributed by atoms with Crippen molar-refractivity contribution in [3.63, 3.8) is 0 Å². The summed E-state index contributed by atoms with van der Waals surface area (Å²) in [5, 5.41) is 5.75. The number of hydrogen-bond donors (Lipinski definition) is 0. The molecule has 0 atom stereocenters. The third kappa shape index (κ3) is 4.02. The molecule has 0 N–H and O–H groups in total. The third-order valence-corrected chi connectivity index (χ3v) is 5.72. The summed E-state index contributed by atoms with van der Waals surface area (Å²) in [7, 11) is 0. The van der Waals surface area contributed by atoms with Crippen LogP contribution in [0.25, 0.3) is 10.2 Å². The van der Waals surface area contributed by atoms with Gasteiger partial charge in [0, 0.05) is 23.5 Å². The molecule has 0 aliphatic carbocycles. The highest BCUT2D eigenvalue weighted by molar-refractivity contribution is 7.22. The van der Waals surface area contributed by atoms with Crippen molar-refractivity contribution in [1.29, 1.82) is 0 Å². The Morgan fingerprint density at radius 1 is 1.28 bits per heavy atom. The zero-order chi connectivity index (χ0) is 20.5. The number of aryl methyl sites for hydroxylation is 1. The largest absolute Gasteiger partial charge is 0.278 e. The van der Waals surface area contributed by atoms with Crippen molar-refractivity contribution >= 4 is 44.2 Å². The van der Waals surface area contributed by atoms with Gasteiger partial charge < -0.3 is 0 Å². The smallest absolute Gasteiger partial charge is 0.278 e. The first-order valence-corrected chi connectivity index (χ1v) is 10.4. The third-order valence-electron chi connectivity index (χ3n) is 4.44. The number of carbonyl (C=O) groups is 1. The Bertz CT molecular complexity index is 1170. The summed E-state index contributed by atoms with van der Waals surface area (Å²) < 4.78 is 2.70. The number of halogens is 1. The Morgan fingerprint density at radius 2 is 2.10 bits per heavy atom. The van der Waals surface area contributed by atoms with Crippen molar-refractivity contribution in [3.8, 4) is 0 Å². The van der Waals surface area contributed by atoms with Crippen molar-refractivity contribution in [2.75, 3.05) is 4.90 Å². The number of thiazole rings is 1. The van der Waals surface area contributed by atoms with Crippen LogP contribution >= 0.6 is 22.9 Å². The molecular formula is C21H20ClN5OS. The molecule has 4 aromatic rings. The molecule has 6 nitrogen and oxygen atoms in total. The molecular weight excluding hydrogens is 406 g/mol. The Hall–Kier alpha value is -2.77. The summed E-state index contributed by atoms with van der Waals surface area (Å²) >= 11 is 7.57. The standard InChI is InChI=1S/C21H20ClN5OS/c1-13(2)27-18(9-14(3)25-27)20(28)26(12-15-5-4-8-23-11-15)21-24-17-7-6-16(22)10-19(17)29-21/h4-11,13H,12H2,1-3H3. The quantitative estimate of drug-likeness (QED) is 0.436. The molecule has 0 fully saturated rings. The summed E-state index contributed by atoms with van der Waals surface area (Å²) in [6, 6.07) is 11.2. The van der Waals surface area contributed by atoms with Crippen molar-refractivity contribution in [2.24, 2.45) is 0 Å². The molecule has 8 heteroatoms. The Morgan fingerprint density at radius 3 is 2.83 bits per heavy atom. The number of nitrogens with zero attached hydrogens (tertiary/aromatic N) is 5. The van der Waals surface area contributed by atoms with Gasteiger partial charge in [0.25, 0.3) is 5.91 Å². The van der Waals surface area contributed by atoms with Crippen molar-refractivity contribution in [2.45, 2.75) is 33.4 Å². The first-order chi connectivity index (χ1) is 13.9. The zero-order valence-electron chi connectivity index (χ0n) is 16.3. The van der Waals surface area contributed by atoms with Crippen LogP contribution in [0.5, 0.6) is 0 Å². The molecule has 4 rings (SSSR count). The molecule has 148 valence electrons. The van der Waals surface area contributed by atoms with E-state index in [4.69, 9.17) is 16.6 Å². The van der Waals surface area contributed by atoms with Crippen LogP contribution in [0.4, 0.5) is 5.13 Å². The second-order valence-corrected chi connectivity index (χ2v) is 8.52. The summed E-state index contributed by atoms with van der Waals surface area (Å²) in [6.07, 6.45) is 3.47. The molecule has 0 saturated heterocycles. The summed E-state index contributed by atoms with van der Waals surface area (Å²) in [5.41, 5.74) is 3.08. The van der Waals surface area contributed by atoms with Crippen LogP contribution in [-0.4, -0.2) is 25.7 Å². The Kier molecular flexibility index (Phi) is 5.34. The van der Waals surface area contributed by atoms with Gasteiger partial charge in [-0.25, -0.2) is 4.98 Å². The lowest BCUT2D eigenvalue weighted by atomic mass is 10.2. The van der Waals surface area contributed by atoms with E-state index in [-0.39, 0.29) is 11.9 Å². The van der Waals surface area contributed by atoms with Crippen LogP contribution in [0.3, 0.4) is 0 Å². The van der Waals surface area contributed by atoms with E-state index >= 15 is 0 Å². The molecule has 1 amide bonds. The lowest BCUT2D eigenvalue weighted by Gasteiger charge is -2.21. The maximum absolute atomic E-state index is 13.6. The molecule has 3 heterocycles. The van der Waals surface area contributed by atoms with E-state index in [1.54, 1.807) is 28.0 Å². The van der Waals surface area contributed by atoms with Crippen LogP contribution in [-0.2, 0) is 6.54 Å². The van der Waals surface area contributed by atoms with Crippen molar-refractivity contribution in [1.82, 2.24) is 19.7 Å². The van der Waals surface area contributed by atoms with E-state index in [1.165, 1.54) is 11.3 Å². The van der Waals surface area contributed by atoms with Gasteiger partial charge in [-0.2, -0.15) is 5.10 Å². The normalized spacial score (nSPS) is 11.3. The predicted molar refractivity (Wildman–Crippen MR) is 117 cm³/mol. The second-order valence-electron chi connectivity index (χ2n) is 7.07. The molecule has 0 radical (unpaired) electrons. The lowest BCUT2D eigenvalue weighted by Crippen LogP contribution is -2.32. The van der Waals surface area contributed by atoms with Gasteiger partial charge in [-0.15, -0.1) is 0 Å². The van der Waals surface area contributed by atoms with Gasteiger partial charge in [-0.05, 0) is 56.7 Å². The minimum Gasteiger partial charge on any atom is -0.278 e. The van der Waals surface area contributed by atoms with E-state index < -0.39 is 0 Å². The maximum atomic E-state index is 13.6. The van der Waals surface area contributed by atoms with E-state index in [9.17, 15) is 4.79 Å². The summed E-state index contributed by atoms with van der Waals surface area (Å²) in [5.74, 6) is -0.145. The first-order valence-electron chi connectivity index (χ1n) is 9.25. The van der Waals surface area contributed by atoms with E-state index in [0.29, 0.717) is 22.4 Å². The van der Waals surface area contributed by atoms with E-state index in [0.717, 1.165) is 21.5 Å². The minimum atomic E-state index is -0.145. The Labute approximate surface area is 177 Å². The fourth-order valence-electron chi connectivity index (χ4n) is 3.11. The van der Waals surface area contributed by atoms with Crippen LogP contribution in [0.1, 0.15) is 41.6 Å². The highest BCUT2D eigenvalue weighted by Gasteiger charge is 2.26. The fourth-order valence-corrected chi connectivity index (χ4v) is 4.35. The van der Waals surface area contributed by atoms with Crippen LogP contribution in [0.15, 0.2) is 48.8 Å². The molecule has 29 heavy (non-hydrogen) atoms. The van der Waals surface area contributed by atoms with Crippen LogP contribution in [0.2, 0.25) is 5.02 Å². The SMILES string of the molecule is Cc1cc(C(=O)N(Cc2cccnc2)c2nc3ccc(Cl)cc3s2)n(C(C)C)n1. The van der Waals surface area contributed by atoms with Gasteiger partial charge in [-0.3, -0.25) is 19.4 Å². The molecule has 0 saturated carbocycles. The number of hydrogen-bond acceptors (Lipinski definition) is 5. The molecule has 3 aromatic heterocycles. The maximum Gasteiger partial charge on any atom is 0.278 e. The highest BCUT2D eigenvalue weighted by Crippen LogP contribution is 2.32. The highest BCUT2D eigenvalue weighted by atomic mass is 35.5. The van der Waals surface area contributed by atoms with Crippen LogP contribution in [0, 0.1) is 6.92 Å². The molecule has 0 spiro atoms. The zero-order valence-corrected chi connectivity index (χ0v) is 17.9. The van der Waals surface area contributed by atoms with Gasteiger partial charge in [0.1, 0.15) is 5.69 Å². The number of amides is 1. The number of rotatable bonds is 5. The summed E-state index contributed by atoms with van der Waals surface area (Å²) in [6.45, 7) is 6.27. The lowest BCUT2D eigenvalue weighted by molar-refractivity contribution is 0.0973. The number of aromatic nitrogens is 4. The van der Waals surface area contributed by atoms with Gasteiger partial charge >= 0.3 is 0 Å². The average Bonchev–Trinajstić information content (AvgIpc) is 3.29. The van der Waals surface area contributed by atoms with Crippen LogP contribution < -0.4 is 4.90 Å². The van der Waals surface area contributed by atoms with Gasteiger partial charge in [0.05, 0.1) is 22.5 Å². The molecule has 0 aliphatic heterocycles. The number of carbonyl (C=O) groups excluding carboxylic acids is 1. The number of benzene rings is 1. The first kappa shape index (κ1) is 19.5. The molecule has 1 aromatic carbocycles. The number of fused-ring (bicyclic) bond motifs is 1. The van der Waals surface area contributed by atoms with Gasteiger partial charge in [-0.1, -0.05) is 29.0 Å². The fraction of sp³-hybridized carbons (Fsp3) is 0.238.